The van der Waals surface area contributed by atoms with Crippen molar-refractivity contribution in [3.63, 3.8) is 0 Å². The molecular weight excluding hydrogens is 410 g/mol. The first-order valence-electron chi connectivity index (χ1n) is 11.1. The molecule has 0 spiro atoms. The average molecular weight is 442 g/mol. The highest BCUT2D eigenvalue weighted by atomic mass is 16.5. The molecule has 1 heterocycles. The summed E-state index contributed by atoms with van der Waals surface area (Å²) in [4.78, 5) is 40.2. The first-order chi connectivity index (χ1) is 15.4. The quantitative estimate of drug-likeness (QED) is 0.540. The van der Waals surface area contributed by atoms with E-state index >= 15 is 0 Å². The second kappa shape index (κ2) is 10.9. The van der Waals surface area contributed by atoms with Crippen LogP contribution in [-0.4, -0.2) is 34.9 Å². The van der Waals surface area contributed by atoms with Crippen LogP contribution < -0.4 is 16.0 Å². The predicted molar refractivity (Wildman–Crippen MR) is 117 cm³/mol. The van der Waals surface area contributed by atoms with Crippen molar-refractivity contribution in [3.05, 3.63) is 47.1 Å². The molecule has 0 saturated heterocycles. The van der Waals surface area contributed by atoms with Crippen LogP contribution in [0.15, 0.2) is 28.8 Å². The van der Waals surface area contributed by atoms with Crippen LogP contribution in [-0.2, 0) is 28.1 Å². The lowest BCUT2D eigenvalue weighted by Crippen LogP contribution is -2.45. The van der Waals surface area contributed by atoms with Crippen LogP contribution in [0.5, 0.6) is 0 Å². The smallest absolute Gasteiger partial charge is 0.251 e. The maximum atomic E-state index is 12.3. The highest BCUT2D eigenvalue weighted by molar-refractivity contribution is 5.93. The van der Waals surface area contributed by atoms with Crippen LogP contribution >= 0.6 is 0 Å². The number of aryl methyl sites for hydroxylation is 1. The Labute approximate surface area is 187 Å². The van der Waals surface area contributed by atoms with Crippen molar-refractivity contribution in [2.45, 2.75) is 70.4 Å². The Bertz CT molecular complexity index is 930. The summed E-state index contributed by atoms with van der Waals surface area (Å²) in [6.07, 6.45) is 6.35. The highest BCUT2D eigenvalue weighted by Gasteiger charge is 2.38. The summed E-state index contributed by atoms with van der Waals surface area (Å²) in [6, 6.07) is 7.06. The number of carbonyl (C=O) groups is 3. The van der Waals surface area contributed by atoms with E-state index in [1.54, 1.807) is 19.2 Å². The molecular formula is C23H31N5O4. The summed E-state index contributed by atoms with van der Waals surface area (Å²) in [5, 5.41) is 12.6. The van der Waals surface area contributed by atoms with Gasteiger partial charge in [-0.05, 0) is 30.5 Å². The third-order valence-corrected chi connectivity index (χ3v) is 5.77. The summed E-state index contributed by atoms with van der Waals surface area (Å²) in [5.74, 6) is 0.496. The molecule has 172 valence electrons. The van der Waals surface area contributed by atoms with Gasteiger partial charge in [-0.15, -0.1) is 0 Å². The fraction of sp³-hybridized carbons (Fsp3) is 0.522. The minimum Gasteiger partial charge on any atom is -0.355 e. The molecule has 1 aliphatic rings. The summed E-state index contributed by atoms with van der Waals surface area (Å²) >= 11 is 0. The topological polar surface area (TPSA) is 126 Å². The van der Waals surface area contributed by atoms with Crippen LogP contribution in [0, 0.1) is 0 Å². The van der Waals surface area contributed by atoms with Crippen LogP contribution in [0.3, 0.4) is 0 Å². The SMILES string of the molecule is CNC(=O)c1ccc(CNC(=O)CCc2nc(C3(NC(C)=O)CCCCCC3)no2)cc1. The number of rotatable bonds is 8. The van der Waals surface area contributed by atoms with Gasteiger partial charge in [-0.1, -0.05) is 43.0 Å². The third kappa shape index (κ3) is 6.15. The number of aromatic nitrogens is 2. The van der Waals surface area contributed by atoms with Gasteiger partial charge < -0.3 is 20.5 Å². The molecule has 1 saturated carbocycles. The van der Waals surface area contributed by atoms with E-state index in [0.29, 0.717) is 30.2 Å². The Balaban J connectivity index is 1.53. The van der Waals surface area contributed by atoms with E-state index in [1.165, 1.54) is 6.92 Å². The molecule has 3 rings (SSSR count). The molecule has 9 nitrogen and oxygen atoms in total. The Morgan fingerprint density at radius 1 is 1.06 bits per heavy atom. The zero-order valence-electron chi connectivity index (χ0n) is 18.7. The van der Waals surface area contributed by atoms with Gasteiger partial charge in [0.05, 0.1) is 0 Å². The van der Waals surface area contributed by atoms with E-state index in [0.717, 1.165) is 44.1 Å². The monoisotopic (exact) mass is 441 g/mol. The van der Waals surface area contributed by atoms with Gasteiger partial charge in [0.2, 0.25) is 17.7 Å². The third-order valence-electron chi connectivity index (χ3n) is 5.77. The summed E-state index contributed by atoms with van der Waals surface area (Å²) in [7, 11) is 1.58. The van der Waals surface area contributed by atoms with Crippen LogP contribution in [0.25, 0.3) is 0 Å². The van der Waals surface area contributed by atoms with Crippen molar-refractivity contribution in [2.75, 3.05) is 7.05 Å². The van der Waals surface area contributed by atoms with Crippen molar-refractivity contribution in [2.24, 2.45) is 0 Å². The molecule has 0 radical (unpaired) electrons. The molecule has 1 aromatic heterocycles. The van der Waals surface area contributed by atoms with Gasteiger partial charge in [0.1, 0.15) is 5.54 Å². The van der Waals surface area contributed by atoms with E-state index in [9.17, 15) is 14.4 Å². The van der Waals surface area contributed by atoms with E-state index in [2.05, 4.69) is 26.1 Å². The van der Waals surface area contributed by atoms with E-state index < -0.39 is 5.54 Å². The standard InChI is InChI=1S/C23H31N5O4/c1-16(29)27-23(13-5-3-4-6-14-23)22-26-20(32-28-22)12-11-19(30)25-15-17-7-9-18(10-8-17)21(31)24-2/h7-10H,3-6,11-15H2,1-2H3,(H,24,31)(H,25,30)(H,27,29). The predicted octanol–water partition coefficient (Wildman–Crippen LogP) is 2.36. The number of carbonyl (C=O) groups excluding carboxylic acids is 3. The zero-order valence-corrected chi connectivity index (χ0v) is 18.7. The van der Waals surface area contributed by atoms with Gasteiger partial charge in [0, 0.05) is 38.9 Å². The summed E-state index contributed by atoms with van der Waals surface area (Å²) in [6.45, 7) is 1.87. The minimum absolute atomic E-state index is 0.110. The molecule has 0 atom stereocenters. The van der Waals surface area contributed by atoms with Crippen molar-refractivity contribution in [3.8, 4) is 0 Å². The Kier molecular flexibility index (Phi) is 7.97. The summed E-state index contributed by atoms with van der Waals surface area (Å²) in [5.41, 5.74) is 0.880. The van der Waals surface area contributed by atoms with E-state index in [1.807, 2.05) is 12.1 Å². The number of hydrogen-bond acceptors (Lipinski definition) is 6. The molecule has 1 fully saturated rings. The highest BCUT2D eigenvalue weighted by Crippen LogP contribution is 2.34. The molecule has 1 aromatic carbocycles. The minimum atomic E-state index is -0.590. The van der Waals surface area contributed by atoms with Crippen molar-refractivity contribution in [1.82, 2.24) is 26.1 Å². The molecule has 1 aliphatic carbocycles. The van der Waals surface area contributed by atoms with Gasteiger partial charge in [-0.25, -0.2) is 0 Å². The van der Waals surface area contributed by atoms with Gasteiger partial charge in [0.15, 0.2) is 5.82 Å². The number of amides is 3. The summed E-state index contributed by atoms with van der Waals surface area (Å²) < 4.78 is 5.39. The van der Waals surface area contributed by atoms with E-state index in [-0.39, 0.29) is 24.1 Å². The number of benzene rings is 1. The first-order valence-corrected chi connectivity index (χ1v) is 11.1. The fourth-order valence-corrected chi connectivity index (χ4v) is 4.05. The average Bonchev–Trinajstić information content (AvgIpc) is 3.16. The van der Waals surface area contributed by atoms with Gasteiger partial charge >= 0.3 is 0 Å². The van der Waals surface area contributed by atoms with Crippen LogP contribution in [0.2, 0.25) is 0 Å². The van der Waals surface area contributed by atoms with Gasteiger partial charge in [-0.3, -0.25) is 14.4 Å². The number of nitrogens with one attached hydrogen (secondary N) is 3. The molecule has 0 unspecified atom stereocenters. The lowest BCUT2D eigenvalue weighted by atomic mass is 9.89. The Morgan fingerprint density at radius 2 is 1.75 bits per heavy atom. The van der Waals surface area contributed by atoms with Gasteiger partial charge in [-0.2, -0.15) is 4.98 Å². The lowest BCUT2D eigenvalue weighted by Gasteiger charge is -2.30. The lowest BCUT2D eigenvalue weighted by molar-refractivity contribution is -0.122. The molecule has 2 aromatic rings. The van der Waals surface area contributed by atoms with Crippen molar-refractivity contribution in [1.29, 1.82) is 0 Å². The molecule has 0 aliphatic heterocycles. The van der Waals surface area contributed by atoms with Crippen LogP contribution in [0.4, 0.5) is 0 Å². The van der Waals surface area contributed by atoms with Crippen molar-refractivity contribution < 1.29 is 18.9 Å². The second-order valence-corrected chi connectivity index (χ2v) is 8.24. The zero-order chi connectivity index (χ0) is 23.0. The molecule has 3 amide bonds. The molecule has 9 heteroatoms. The first kappa shape index (κ1) is 23.4. The molecule has 32 heavy (non-hydrogen) atoms. The molecule has 0 bridgehead atoms. The maximum Gasteiger partial charge on any atom is 0.251 e. The maximum absolute atomic E-state index is 12.3. The van der Waals surface area contributed by atoms with Crippen molar-refractivity contribution >= 4 is 17.7 Å². The number of hydrogen-bond donors (Lipinski definition) is 3. The number of nitrogens with zero attached hydrogens (tertiary/aromatic N) is 2. The molecule has 3 N–H and O–H groups in total. The largest absolute Gasteiger partial charge is 0.355 e. The fourth-order valence-electron chi connectivity index (χ4n) is 4.05. The normalized spacial score (nSPS) is 15.4. The van der Waals surface area contributed by atoms with Gasteiger partial charge in [0.25, 0.3) is 5.91 Å². The van der Waals surface area contributed by atoms with Crippen LogP contribution in [0.1, 0.15) is 79.5 Å². The Morgan fingerprint density at radius 3 is 2.38 bits per heavy atom. The second-order valence-electron chi connectivity index (χ2n) is 8.24. The van der Waals surface area contributed by atoms with E-state index in [4.69, 9.17) is 4.52 Å². The Hall–Kier alpha value is -3.23.